The van der Waals surface area contributed by atoms with E-state index < -0.39 is 52.6 Å². The molecule has 1 fully saturated rings. The molecule has 350 valence electrons. The first-order chi connectivity index (χ1) is 30.1. The molecule has 4 amide bonds. The number of nitrogens with zero attached hydrogens (tertiary/aromatic N) is 5. The summed E-state index contributed by atoms with van der Waals surface area (Å²) in [5.41, 5.74) is 2.63. The van der Waals surface area contributed by atoms with Crippen LogP contribution in [0.25, 0.3) is 6.08 Å². The molecule has 1 aromatic heterocycles. The van der Waals surface area contributed by atoms with E-state index in [0.29, 0.717) is 67.1 Å². The molecule has 5 rings (SSSR count). The average Bonchev–Trinajstić information content (AvgIpc) is 3.86. The minimum absolute atomic E-state index is 0.0179. The number of hydroxylamine groups is 2. The molecule has 0 spiro atoms. The van der Waals surface area contributed by atoms with Crippen LogP contribution in [0.3, 0.4) is 0 Å². The van der Waals surface area contributed by atoms with Crippen LogP contribution in [0.1, 0.15) is 99.6 Å². The Balaban J connectivity index is 1.18. The number of hydrogen-bond acceptors (Lipinski definition) is 10. The van der Waals surface area contributed by atoms with E-state index in [0.717, 1.165) is 32.8 Å². The van der Waals surface area contributed by atoms with Crippen LogP contribution in [-0.4, -0.2) is 145 Å². The zero-order chi connectivity index (χ0) is 46.8. The van der Waals surface area contributed by atoms with Crippen molar-refractivity contribution in [3.8, 4) is 0 Å². The molecule has 64 heavy (non-hydrogen) atoms. The standard InChI is InChI=1S/C44H62BF2N7O9S/c1-32-29-35(51-37(32)31-39-34(17-14-28-64(60,61)62)30-38(52(39)45(51,46)47)33-15-8-6-9-16-33)20-21-40(55)49-36(18-11-13-27-54(3,4)5)44(59)48-24-26-50(2)25-12-7-10-19-43(58)63-53-41(56)22-23-42(53)57/h6,8-9,15-16,29-31,36H,7,10-14,17-28H2,1-5H3,(H2-,48,49,55,59,60,61,62). The molecule has 0 saturated carbocycles. The lowest BCUT2D eigenvalue weighted by molar-refractivity contribution is -0.870. The van der Waals surface area contributed by atoms with E-state index >= 15 is 8.63 Å². The summed E-state index contributed by atoms with van der Waals surface area (Å²) in [4.78, 5) is 69.4. The number of hydrogen-bond donors (Lipinski definition) is 2. The Kier molecular flexibility index (Phi) is 17.0. The molecule has 1 unspecified atom stereocenters. The summed E-state index contributed by atoms with van der Waals surface area (Å²) in [7, 11) is 3.65. The second-order valence-corrected chi connectivity index (χ2v) is 19.5. The zero-order valence-electron chi connectivity index (χ0n) is 37.6. The van der Waals surface area contributed by atoms with E-state index in [4.69, 9.17) is 4.84 Å². The number of benzene rings is 1. The molecule has 1 saturated heterocycles. The molecule has 16 nitrogen and oxygen atoms in total. The molecule has 2 aromatic rings. The van der Waals surface area contributed by atoms with Crippen LogP contribution in [0.4, 0.5) is 8.63 Å². The predicted octanol–water partition coefficient (Wildman–Crippen LogP) is 3.65. The van der Waals surface area contributed by atoms with Gasteiger partial charge < -0.3 is 47.0 Å². The first-order valence-corrected chi connectivity index (χ1v) is 23.7. The molecular weight excluding hydrogens is 851 g/mol. The molecule has 1 aromatic carbocycles. The number of carbonyl (C=O) groups excluding carboxylic acids is 5. The van der Waals surface area contributed by atoms with Crippen molar-refractivity contribution in [1.82, 2.24) is 25.1 Å². The van der Waals surface area contributed by atoms with Crippen molar-refractivity contribution in [2.45, 2.75) is 96.4 Å². The van der Waals surface area contributed by atoms with Crippen molar-refractivity contribution in [3.05, 3.63) is 76.3 Å². The molecule has 2 N–H and O–H groups in total. The highest BCUT2D eigenvalue weighted by Gasteiger charge is 2.54. The lowest BCUT2D eigenvalue weighted by Crippen LogP contribution is -2.51. The van der Waals surface area contributed by atoms with Crippen molar-refractivity contribution in [1.29, 1.82) is 0 Å². The van der Waals surface area contributed by atoms with Crippen LogP contribution < -0.4 is 10.6 Å². The summed E-state index contributed by atoms with van der Waals surface area (Å²) in [5.74, 6) is -3.05. The molecule has 3 aliphatic rings. The van der Waals surface area contributed by atoms with Crippen molar-refractivity contribution in [2.75, 3.05) is 60.1 Å². The third kappa shape index (κ3) is 13.7. The van der Waals surface area contributed by atoms with Gasteiger partial charge in [0.25, 0.3) is 11.8 Å². The zero-order valence-corrected chi connectivity index (χ0v) is 38.4. The molecule has 0 bridgehead atoms. The van der Waals surface area contributed by atoms with Gasteiger partial charge in [0.1, 0.15) is 6.04 Å². The number of quaternary nitrogens is 1. The SMILES string of the molecule is Cc1cc(CCC(=O)NC(CCCC[N+](C)(C)C)C(=O)NCCN(C)CCCCCC(=O)ON2C(=O)CCC2=O)n2c1C=C1C(CCCS(=O)(=O)[O-])=CC(c3ccccc3)=[N+]1[B-]2(F)F. The number of likely N-dealkylation sites (N-methyl/N-ethyl adjacent to an activating group) is 1. The third-order valence-corrected chi connectivity index (χ3v) is 12.4. The normalized spacial score (nSPS) is 16.4. The number of nitrogens with one attached hydrogen (secondary N) is 2. The van der Waals surface area contributed by atoms with Gasteiger partial charge in [-0.15, -0.1) is 5.06 Å². The van der Waals surface area contributed by atoms with Crippen LogP contribution >= 0.6 is 0 Å². The first kappa shape index (κ1) is 50.0. The van der Waals surface area contributed by atoms with Gasteiger partial charge >= 0.3 is 12.9 Å². The first-order valence-electron chi connectivity index (χ1n) is 22.1. The van der Waals surface area contributed by atoms with Crippen LogP contribution in [-0.2, 0) is 45.3 Å². The smallest absolute Gasteiger partial charge is 0.737 e. The summed E-state index contributed by atoms with van der Waals surface area (Å²) in [6.45, 7) is -0.372. The number of halogens is 2. The highest BCUT2D eigenvalue weighted by molar-refractivity contribution is 7.85. The van der Waals surface area contributed by atoms with Crippen molar-refractivity contribution in [2.24, 2.45) is 0 Å². The third-order valence-electron chi connectivity index (χ3n) is 11.6. The maximum Gasteiger partial charge on any atom is 0.737 e. The largest absolute Gasteiger partial charge is 0.748 e. The number of carbonyl (C=O) groups is 5. The van der Waals surface area contributed by atoms with Gasteiger partial charge in [-0.05, 0) is 101 Å². The van der Waals surface area contributed by atoms with Crippen LogP contribution in [0.2, 0.25) is 0 Å². The highest BCUT2D eigenvalue weighted by atomic mass is 32.2. The number of unbranched alkanes of at least 4 members (excludes halogenated alkanes) is 3. The number of aryl methyl sites for hydroxylation is 2. The Morgan fingerprint density at radius 3 is 2.33 bits per heavy atom. The fourth-order valence-corrected chi connectivity index (χ4v) is 8.73. The minimum atomic E-state index is -4.50. The number of amides is 4. The Bertz CT molecular complexity index is 2260. The van der Waals surface area contributed by atoms with Gasteiger partial charge in [-0.2, -0.15) is 0 Å². The van der Waals surface area contributed by atoms with Gasteiger partial charge in [0.15, 0.2) is 11.4 Å². The van der Waals surface area contributed by atoms with Crippen LogP contribution in [0.15, 0.2) is 53.7 Å². The lowest BCUT2D eigenvalue weighted by Gasteiger charge is -2.32. The second kappa shape index (κ2) is 21.8. The topological polar surface area (TPSA) is 190 Å². The van der Waals surface area contributed by atoms with E-state index in [2.05, 4.69) is 31.8 Å². The van der Waals surface area contributed by atoms with Gasteiger partial charge in [0.05, 0.1) is 37.8 Å². The molecule has 20 heteroatoms. The quantitative estimate of drug-likeness (QED) is 0.0489. The monoisotopic (exact) mass is 913 g/mol. The highest BCUT2D eigenvalue weighted by Crippen LogP contribution is 2.39. The van der Waals surface area contributed by atoms with Gasteiger partial charge in [-0.1, -0.05) is 24.6 Å². The minimum Gasteiger partial charge on any atom is -0.748 e. The number of imide groups is 1. The number of fused-ring (bicyclic) bond motifs is 2. The molecule has 4 heterocycles. The lowest BCUT2D eigenvalue weighted by atomic mass is 9.88. The molecule has 3 aliphatic heterocycles. The van der Waals surface area contributed by atoms with Gasteiger partial charge in [0, 0.05) is 73.5 Å². The van der Waals surface area contributed by atoms with E-state index in [1.165, 1.54) is 0 Å². The Labute approximate surface area is 374 Å². The van der Waals surface area contributed by atoms with Crippen molar-refractivity contribution < 1.29 is 59.4 Å². The second-order valence-electron chi connectivity index (χ2n) is 17.9. The summed E-state index contributed by atoms with van der Waals surface area (Å²) < 4.78 is 70.9. The molecular formula is C44H62BF2N7O9S. The van der Waals surface area contributed by atoms with E-state index in [1.807, 2.05) is 11.9 Å². The average molecular weight is 914 g/mol. The molecule has 1 atom stereocenters. The predicted molar refractivity (Wildman–Crippen MR) is 236 cm³/mol. The van der Waals surface area contributed by atoms with E-state index in [-0.39, 0.29) is 73.6 Å². The van der Waals surface area contributed by atoms with Crippen LogP contribution in [0, 0.1) is 6.92 Å². The maximum atomic E-state index is 17.1. The summed E-state index contributed by atoms with van der Waals surface area (Å²) in [6.07, 6.45) is 7.26. The molecule has 0 aliphatic carbocycles. The van der Waals surface area contributed by atoms with Crippen molar-refractivity contribution in [3.63, 3.8) is 0 Å². The van der Waals surface area contributed by atoms with Gasteiger partial charge in [-0.25, -0.2) is 13.2 Å². The van der Waals surface area contributed by atoms with Gasteiger partial charge in [0.2, 0.25) is 11.8 Å². The number of allylic oxidation sites excluding steroid dienone is 2. The summed E-state index contributed by atoms with van der Waals surface area (Å²) >= 11 is 0. The Morgan fingerprint density at radius 2 is 1.66 bits per heavy atom. The van der Waals surface area contributed by atoms with Gasteiger partial charge in [-0.3, -0.25) is 19.2 Å². The summed E-state index contributed by atoms with van der Waals surface area (Å²) in [5, 5.41) is 6.36. The Hall–Kier alpha value is -5.05. The molecule has 0 radical (unpaired) electrons. The Morgan fingerprint density at radius 1 is 0.953 bits per heavy atom. The van der Waals surface area contributed by atoms with E-state index in [9.17, 15) is 36.9 Å². The summed E-state index contributed by atoms with van der Waals surface area (Å²) in [6, 6.07) is 9.51. The van der Waals surface area contributed by atoms with E-state index in [1.54, 1.807) is 55.5 Å². The fourth-order valence-electron chi connectivity index (χ4n) is 8.24. The number of rotatable bonds is 25. The van der Waals surface area contributed by atoms with Crippen molar-refractivity contribution >= 4 is 58.5 Å². The maximum absolute atomic E-state index is 17.1. The number of aromatic nitrogens is 1. The fraction of sp³-hybridized carbons (Fsp3) is 0.545. The van der Waals surface area contributed by atoms with Crippen LogP contribution in [0.5, 0.6) is 0 Å².